The number of carboxylic acid groups (broad SMARTS) is 1. The van der Waals surface area contributed by atoms with Crippen LogP contribution in [0, 0.1) is 13.8 Å². The van der Waals surface area contributed by atoms with Gasteiger partial charge in [0.05, 0.1) is 6.61 Å². The number of carbonyl (C=O) groups is 2. The fraction of sp³-hybridized carbons (Fsp3) is 0.273. The average molecular weight is 415 g/mol. The van der Waals surface area contributed by atoms with Gasteiger partial charge in [-0.05, 0) is 61.6 Å². The number of halogens is 1. The van der Waals surface area contributed by atoms with E-state index < -0.39 is 18.4 Å². The number of ether oxygens (including phenoxy) is 1. The lowest BCUT2D eigenvalue weighted by Crippen LogP contribution is -2.30. The fourth-order valence-electron chi connectivity index (χ4n) is 3.33. The minimum absolute atomic E-state index is 0.394. The van der Waals surface area contributed by atoms with Crippen molar-refractivity contribution in [2.75, 3.05) is 13.2 Å². The third-order valence-electron chi connectivity index (χ3n) is 4.69. The van der Waals surface area contributed by atoms with Crippen molar-refractivity contribution in [1.29, 1.82) is 0 Å². The van der Waals surface area contributed by atoms with Crippen LogP contribution in [0.15, 0.2) is 36.4 Å². The molecule has 3 aromatic rings. The quantitative estimate of drug-likeness (QED) is 0.480. The molecule has 152 valence electrons. The molecule has 7 heteroatoms. The van der Waals surface area contributed by atoms with Crippen LogP contribution in [0.25, 0.3) is 10.9 Å². The van der Waals surface area contributed by atoms with E-state index in [9.17, 15) is 9.59 Å². The highest BCUT2D eigenvalue weighted by atomic mass is 35.5. The van der Waals surface area contributed by atoms with Crippen LogP contribution in [0.3, 0.4) is 0 Å². The number of aryl methyl sites for hydroxylation is 3. The minimum atomic E-state index is -1.09. The molecule has 2 aromatic carbocycles. The monoisotopic (exact) mass is 414 g/mol. The number of nitrogens with one attached hydrogen (secondary N) is 2. The highest BCUT2D eigenvalue weighted by Gasteiger charge is 2.18. The van der Waals surface area contributed by atoms with E-state index in [1.54, 1.807) is 0 Å². The van der Waals surface area contributed by atoms with Gasteiger partial charge in [0, 0.05) is 15.9 Å². The largest absolute Gasteiger partial charge is 0.494 e. The van der Waals surface area contributed by atoms with Crippen LogP contribution in [0.4, 0.5) is 0 Å². The smallest absolute Gasteiger partial charge is 0.322 e. The van der Waals surface area contributed by atoms with Crippen LogP contribution < -0.4 is 10.1 Å². The second kappa shape index (κ2) is 9.01. The first-order valence-corrected chi connectivity index (χ1v) is 9.73. The Morgan fingerprint density at radius 3 is 2.55 bits per heavy atom. The van der Waals surface area contributed by atoms with E-state index in [0.717, 1.165) is 38.4 Å². The highest BCUT2D eigenvalue weighted by Crippen LogP contribution is 2.27. The number of fused-ring (bicyclic) bond motifs is 1. The number of para-hydroxylation sites is 1. The molecule has 3 rings (SSSR count). The molecule has 0 bridgehead atoms. The van der Waals surface area contributed by atoms with E-state index in [2.05, 4.69) is 10.3 Å². The summed E-state index contributed by atoms with van der Waals surface area (Å²) in [6.45, 7) is 3.94. The molecular formula is C22H23ClN2O4. The van der Waals surface area contributed by atoms with E-state index in [-0.39, 0.29) is 0 Å². The molecule has 1 heterocycles. The van der Waals surface area contributed by atoms with Crippen molar-refractivity contribution in [2.24, 2.45) is 0 Å². The van der Waals surface area contributed by atoms with Crippen molar-refractivity contribution in [3.05, 3.63) is 63.8 Å². The molecular weight excluding hydrogens is 392 g/mol. The molecule has 0 aliphatic carbocycles. The van der Waals surface area contributed by atoms with Crippen LogP contribution in [-0.4, -0.2) is 35.1 Å². The Morgan fingerprint density at radius 1 is 1.17 bits per heavy atom. The Kier molecular flexibility index (Phi) is 6.44. The summed E-state index contributed by atoms with van der Waals surface area (Å²) in [6, 6.07) is 11.5. The van der Waals surface area contributed by atoms with Crippen molar-refractivity contribution in [2.45, 2.75) is 26.7 Å². The number of aromatic nitrogens is 1. The van der Waals surface area contributed by atoms with E-state index in [0.29, 0.717) is 25.1 Å². The molecule has 1 aromatic heterocycles. The predicted molar refractivity (Wildman–Crippen MR) is 113 cm³/mol. The molecule has 0 aliphatic heterocycles. The number of H-pyrrole nitrogens is 1. The lowest BCUT2D eigenvalue weighted by molar-refractivity contribution is -0.135. The SMILES string of the molecule is Cc1cc(OCCCc2c(C(=O)NCC(=O)O)[nH]c3ccccc23)cc(C)c1Cl. The Balaban J connectivity index is 1.71. The number of hydrogen-bond acceptors (Lipinski definition) is 3. The molecule has 6 nitrogen and oxygen atoms in total. The summed E-state index contributed by atoms with van der Waals surface area (Å²) in [4.78, 5) is 26.3. The van der Waals surface area contributed by atoms with Gasteiger partial charge in [-0.2, -0.15) is 0 Å². The number of carboxylic acids is 1. The molecule has 29 heavy (non-hydrogen) atoms. The van der Waals surface area contributed by atoms with Crippen molar-refractivity contribution >= 4 is 34.4 Å². The zero-order valence-corrected chi connectivity index (χ0v) is 17.1. The van der Waals surface area contributed by atoms with Gasteiger partial charge in [0.15, 0.2) is 0 Å². The summed E-state index contributed by atoms with van der Waals surface area (Å²) < 4.78 is 5.87. The van der Waals surface area contributed by atoms with E-state index in [1.165, 1.54) is 0 Å². The molecule has 0 saturated carbocycles. The molecule has 0 radical (unpaired) electrons. The van der Waals surface area contributed by atoms with Crippen LogP contribution in [0.5, 0.6) is 5.75 Å². The number of benzene rings is 2. The molecule has 3 N–H and O–H groups in total. The van der Waals surface area contributed by atoms with Gasteiger partial charge < -0.3 is 20.1 Å². The maximum Gasteiger partial charge on any atom is 0.322 e. The summed E-state index contributed by atoms with van der Waals surface area (Å²) in [5, 5.41) is 12.9. The van der Waals surface area contributed by atoms with Crippen LogP contribution in [0.2, 0.25) is 5.02 Å². The zero-order chi connectivity index (χ0) is 21.0. The van der Waals surface area contributed by atoms with Gasteiger partial charge >= 0.3 is 5.97 Å². The molecule has 0 spiro atoms. The van der Waals surface area contributed by atoms with E-state index >= 15 is 0 Å². The van der Waals surface area contributed by atoms with Gasteiger partial charge in [0.25, 0.3) is 5.91 Å². The van der Waals surface area contributed by atoms with Crippen LogP contribution >= 0.6 is 11.6 Å². The molecule has 1 amide bonds. The first kappa shape index (κ1) is 20.7. The summed E-state index contributed by atoms with van der Waals surface area (Å²) in [7, 11) is 0. The number of aliphatic carboxylic acids is 1. The molecule has 0 fully saturated rings. The Morgan fingerprint density at radius 2 is 1.86 bits per heavy atom. The van der Waals surface area contributed by atoms with Gasteiger partial charge in [-0.3, -0.25) is 9.59 Å². The first-order chi connectivity index (χ1) is 13.9. The minimum Gasteiger partial charge on any atom is -0.494 e. The van der Waals surface area contributed by atoms with Crippen molar-refractivity contribution in [3.63, 3.8) is 0 Å². The lowest BCUT2D eigenvalue weighted by Gasteiger charge is -2.10. The maximum absolute atomic E-state index is 12.5. The molecule has 0 unspecified atom stereocenters. The summed E-state index contributed by atoms with van der Waals surface area (Å²) in [5.74, 6) is -0.746. The van der Waals surface area contributed by atoms with Crippen LogP contribution in [-0.2, 0) is 11.2 Å². The van der Waals surface area contributed by atoms with E-state index in [4.69, 9.17) is 21.4 Å². The van der Waals surface area contributed by atoms with E-state index in [1.807, 2.05) is 50.2 Å². The van der Waals surface area contributed by atoms with Gasteiger partial charge in [-0.1, -0.05) is 29.8 Å². The van der Waals surface area contributed by atoms with Gasteiger partial charge in [0.1, 0.15) is 18.0 Å². The zero-order valence-electron chi connectivity index (χ0n) is 16.3. The van der Waals surface area contributed by atoms with Crippen molar-refractivity contribution < 1.29 is 19.4 Å². The Hall–Kier alpha value is -2.99. The molecule has 0 atom stereocenters. The second-order valence-corrected chi connectivity index (χ2v) is 7.30. The number of carbonyl (C=O) groups excluding carboxylic acids is 1. The highest BCUT2D eigenvalue weighted by molar-refractivity contribution is 6.32. The van der Waals surface area contributed by atoms with Crippen LogP contribution in [0.1, 0.15) is 33.6 Å². The summed E-state index contributed by atoms with van der Waals surface area (Å²) in [6.07, 6.45) is 1.31. The lowest BCUT2D eigenvalue weighted by atomic mass is 10.1. The number of aromatic amines is 1. The summed E-state index contributed by atoms with van der Waals surface area (Å²) in [5.41, 5.74) is 4.03. The average Bonchev–Trinajstić information content (AvgIpc) is 3.06. The second-order valence-electron chi connectivity index (χ2n) is 6.92. The third kappa shape index (κ3) is 4.90. The molecule has 0 saturated heterocycles. The fourth-order valence-corrected chi connectivity index (χ4v) is 3.44. The van der Waals surface area contributed by atoms with Crippen molar-refractivity contribution in [3.8, 4) is 5.75 Å². The Labute approximate surface area is 173 Å². The maximum atomic E-state index is 12.5. The summed E-state index contributed by atoms with van der Waals surface area (Å²) >= 11 is 6.19. The topological polar surface area (TPSA) is 91.4 Å². The number of rotatable bonds is 8. The number of hydrogen-bond donors (Lipinski definition) is 3. The standard InChI is InChI=1S/C22H23ClN2O4/c1-13-10-15(11-14(2)20(13)23)29-9-5-7-17-16-6-3-4-8-18(16)25-21(17)22(28)24-12-19(26)27/h3-4,6,8,10-11,25H,5,7,9,12H2,1-2H3,(H,24,28)(H,26,27). The van der Waals surface area contributed by atoms with Gasteiger partial charge in [-0.15, -0.1) is 0 Å². The van der Waals surface area contributed by atoms with Gasteiger partial charge in [0.2, 0.25) is 0 Å². The third-order valence-corrected chi connectivity index (χ3v) is 5.29. The van der Waals surface area contributed by atoms with Gasteiger partial charge in [-0.25, -0.2) is 0 Å². The normalized spacial score (nSPS) is 10.9. The Bertz CT molecular complexity index is 1040. The molecule has 0 aliphatic rings. The predicted octanol–water partition coefficient (Wildman–Crippen LogP) is 4.26. The number of amides is 1. The van der Waals surface area contributed by atoms with Crippen molar-refractivity contribution in [1.82, 2.24) is 10.3 Å². The first-order valence-electron chi connectivity index (χ1n) is 9.36.